The summed E-state index contributed by atoms with van der Waals surface area (Å²) in [4.78, 5) is 19.8. The monoisotopic (exact) mass is 537 g/mol. The third kappa shape index (κ3) is 5.45. The first kappa shape index (κ1) is 26.6. The molecule has 1 aliphatic rings. The molecule has 1 saturated heterocycles. The topological polar surface area (TPSA) is 62.2 Å². The van der Waals surface area contributed by atoms with Crippen LogP contribution in [0.4, 0.5) is 5.69 Å². The van der Waals surface area contributed by atoms with Gasteiger partial charge in [-0.3, -0.25) is 9.78 Å². The van der Waals surface area contributed by atoms with E-state index in [9.17, 15) is 4.79 Å². The van der Waals surface area contributed by atoms with Gasteiger partial charge in [-0.15, -0.1) is 0 Å². The number of nitrogens with zero attached hydrogens (tertiary/aromatic N) is 3. The Hall–Kier alpha value is -3.97. The second-order valence-corrected chi connectivity index (χ2v) is 10.8. The highest BCUT2D eigenvalue weighted by atomic mass is 32.1. The van der Waals surface area contributed by atoms with E-state index in [1.807, 2.05) is 55.6 Å². The number of thiocarbonyl (C=S) groups is 1. The summed E-state index contributed by atoms with van der Waals surface area (Å²) in [6.07, 6.45) is 2.13. The fourth-order valence-corrected chi connectivity index (χ4v) is 5.90. The minimum atomic E-state index is -0.133. The van der Waals surface area contributed by atoms with Gasteiger partial charge >= 0.3 is 0 Å². The van der Waals surface area contributed by atoms with Gasteiger partial charge in [0.05, 0.1) is 17.8 Å². The van der Waals surface area contributed by atoms with Gasteiger partial charge in [-0.1, -0.05) is 30.3 Å². The lowest BCUT2D eigenvalue weighted by atomic mass is 9.96. The molecule has 7 heteroatoms. The Morgan fingerprint density at radius 3 is 2.51 bits per heavy atom. The summed E-state index contributed by atoms with van der Waals surface area (Å²) in [6.45, 7) is 11.1. The van der Waals surface area contributed by atoms with Gasteiger partial charge in [0.25, 0.3) is 0 Å². The van der Waals surface area contributed by atoms with Crippen LogP contribution >= 0.6 is 12.2 Å². The lowest BCUT2D eigenvalue weighted by Gasteiger charge is -2.28. The fraction of sp³-hybridized carbons (Fsp3) is 0.281. The van der Waals surface area contributed by atoms with E-state index >= 15 is 0 Å². The molecule has 200 valence electrons. The normalized spacial score (nSPS) is 16.8. The standard InChI is InChI=1S/C32H35N5OS/c1-20-9-8-10-25(17-20)34-29(38)14-16-36-31(30(35-32(36)39)27-11-6-7-15-33-27)26-19-23(4)37(24(26)5)28-18-21(2)12-13-22(28)3/h6-13,15,17-19,30-31H,14,16H2,1-5H3,(H,34,38)(H,35,39)/t30-,31+/m1/s1. The Bertz CT molecular complexity index is 1530. The summed E-state index contributed by atoms with van der Waals surface area (Å²) in [5.74, 6) is -0.0377. The molecule has 0 bridgehead atoms. The molecule has 39 heavy (non-hydrogen) atoms. The van der Waals surface area contributed by atoms with Gasteiger partial charge in [0, 0.05) is 41.9 Å². The molecule has 2 atom stereocenters. The maximum Gasteiger partial charge on any atom is 0.226 e. The average Bonchev–Trinajstić information content (AvgIpc) is 3.39. The molecule has 1 fully saturated rings. The van der Waals surface area contributed by atoms with Crippen molar-refractivity contribution >= 4 is 28.9 Å². The Balaban J connectivity index is 1.49. The maximum atomic E-state index is 12.9. The van der Waals surface area contributed by atoms with Crippen LogP contribution in [0.1, 0.15) is 57.8 Å². The van der Waals surface area contributed by atoms with Crippen molar-refractivity contribution in [3.05, 3.63) is 112 Å². The van der Waals surface area contributed by atoms with Crippen LogP contribution in [-0.2, 0) is 4.79 Å². The number of pyridine rings is 1. The van der Waals surface area contributed by atoms with E-state index in [0.29, 0.717) is 18.1 Å². The molecule has 1 amide bonds. The molecule has 0 saturated carbocycles. The van der Waals surface area contributed by atoms with E-state index in [0.717, 1.165) is 28.3 Å². The van der Waals surface area contributed by atoms with Gasteiger partial charge in [-0.25, -0.2) is 0 Å². The summed E-state index contributed by atoms with van der Waals surface area (Å²) in [5.41, 5.74) is 9.96. The number of rotatable bonds is 7. The minimum absolute atomic E-state index is 0.0377. The highest BCUT2D eigenvalue weighted by molar-refractivity contribution is 7.80. The fourth-order valence-electron chi connectivity index (χ4n) is 5.57. The number of benzene rings is 2. The lowest BCUT2D eigenvalue weighted by Crippen LogP contribution is -2.32. The van der Waals surface area contributed by atoms with E-state index in [1.165, 1.54) is 22.4 Å². The van der Waals surface area contributed by atoms with Crippen molar-refractivity contribution in [2.45, 2.75) is 53.1 Å². The molecular formula is C32H35N5OS. The number of aromatic nitrogens is 2. The van der Waals surface area contributed by atoms with Gasteiger partial charge in [-0.2, -0.15) is 0 Å². The van der Waals surface area contributed by atoms with Crippen LogP contribution < -0.4 is 10.6 Å². The molecule has 1 aliphatic heterocycles. The number of hydrogen-bond acceptors (Lipinski definition) is 3. The minimum Gasteiger partial charge on any atom is -0.352 e. The van der Waals surface area contributed by atoms with Gasteiger partial charge < -0.3 is 20.1 Å². The van der Waals surface area contributed by atoms with Gasteiger partial charge in [0.2, 0.25) is 5.91 Å². The van der Waals surface area contributed by atoms with Gasteiger partial charge in [-0.05, 0) is 105 Å². The number of carbonyl (C=O) groups excluding carboxylic acids is 1. The van der Waals surface area contributed by atoms with Crippen LogP contribution in [0.2, 0.25) is 0 Å². The van der Waals surface area contributed by atoms with Crippen molar-refractivity contribution in [1.29, 1.82) is 0 Å². The zero-order valence-corrected chi connectivity index (χ0v) is 24.0. The predicted molar refractivity (Wildman–Crippen MR) is 161 cm³/mol. The largest absolute Gasteiger partial charge is 0.352 e. The van der Waals surface area contributed by atoms with Crippen molar-refractivity contribution < 1.29 is 4.79 Å². The number of carbonyl (C=O) groups is 1. The second kappa shape index (κ2) is 11.0. The van der Waals surface area contributed by atoms with Crippen molar-refractivity contribution in [2.24, 2.45) is 0 Å². The summed E-state index contributed by atoms with van der Waals surface area (Å²) < 4.78 is 2.33. The van der Waals surface area contributed by atoms with Crippen LogP contribution in [0, 0.1) is 34.6 Å². The zero-order chi connectivity index (χ0) is 27.7. The number of aryl methyl sites for hydroxylation is 4. The van der Waals surface area contributed by atoms with Crippen LogP contribution in [0.5, 0.6) is 0 Å². The Kier molecular flexibility index (Phi) is 7.53. The lowest BCUT2D eigenvalue weighted by molar-refractivity contribution is -0.116. The van der Waals surface area contributed by atoms with Crippen LogP contribution in [0.3, 0.4) is 0 Å². The van der Waals surface area contributed by atoms with Crippen molar-refractivity contribution in [2.75, 3.05) is 11.9 Å². The Morgan fingerprint density at radius 2 is 1.77 bits per heavy atom. The Morgan fingerprint density at radius 1 is 0.974 bits per heavy atom. The molecule has 2 aromatic heterocycles. The van der Waals surface area contributed by atoms with E-state index in [-0.39, 0.29) is 18.0 Å². The van der Waals surface area contributed by atoms with Crippen LogP contribution in [-0.4, -0.2) is 32.0 Å². The SMILES string of the molecule is Cc1cccc(NC(=O)CCN2C(=S)N[C@H](c3ccccn3)[C@@H]2c2cc(C)n(-c3cc(C)ccc3C)c2C)c1. The summed E-state index contributed by atoms with van der Waals surface area (Å²) in [6, 6.07) is 22.4. The molecule has 2 N–H and O–H groups in total. The third-order valence-electron chi connectivity index (χ3n) is 7.47. The molecule has 0 radical (unpaired) electrons. The van der Waals surface area contributed by atoms with Crippen LogP contribution in [0.15, 0.2) is 72.9 Å². The Labute approximate surface area is 236 Å². The number of anilines is 1. The van der Waals surface area contributed by atoms with Gasteiger partial charge in [0.15, 0.2) is 5.11 Å². The van der Waals surface area contributed by atoms with E-state index < -0.39 is 0 Å². The predicted octanol–water partition coefficient (Wildman–Crippen LogP) is 6.42. The van der Waals surface area contributed by atoms with E-state index in [2.05, 4.69) is 77.0 Å². The summed E-state index contributed by atoms with van der Waals surface area (Å²) >= 11 is 5.86. The first-order valence-corrected chi connectivity index (χ1v) is 13.7. The summed E-state index contributed by atoms with van der Waals surface area (Å²) in [5, 5.41) is 7.19. The zero-order valence-electron chi connectivity index (χ0n) is 23.2. The molecule has 5 rings (SSSR count). The third-order valence-corrected chi connectivity index (χ3v) is 7.83. The van der Waals surface area contributed by atoms with E-state index in [4.69, 9.17) is 12.2 Å². The van der Waals surface area contributed by atoms with Crippen LogP contribution in [0.25, 0.3) is 5.69 Å². The quantitative estimate of drug-likeness (QED) is 0.267. The molecule has 3 heterocycles. The molecule has 0 spiro atoms. The van der Waals surface area contributed by atoms with Crippen molar-refractivity contribution in [3.8, 4) is 5.69 Å². The van der Waals surface area contributed by atoms with Crippen molar-refractivity contribution in [3.63, 3.8) is 0 Å². The molecule has 0 unspecified atom stereocenters. The highest BCUT2D eigenvalue weighted by Crippen LogP contribution is 2.41. The number of hydrogen-bond donors (Lipinski definition) is 2. The molecular weight excluding hydrogens is 502 g/mol. The second-order valence-electron chi connectivity index (χ2n) is 10.4. The molecule has 2 aromatic carbocycles. The maximum absolute atomic E-state index is 12.9. The molecule has 4 aromatic rings. The van der Waals surface area contributed by atoms with Gasteiger partial charge in [0.1, 0.15) is 0 Å². The number of nitrogens with one attached hydrogen (secondary N) is 2. The first-order chi connectivity index (χ1) is 18.7. The average molecular weight is 538 g/mol. The summed E-state index contributed by atoms with van der Waals surface area (Å²) in [7, 11) is 0. The van der Waals surface area contributed by atoms with E-state index in [1.54, 1.807) is 0 Å². The smallest absolute Gasteiger partial charge is 0.226 e. The van der Waals surface area contributed by atoms with Crippen molar-refractivity contribution in [1.82, 2.24) is 19.8 Å². The first-order valence-electron chi connectivity index (χ1n) is 13.3. The highest BCUT2D eigenvalue weighted by Gasteiger charge is 2.41. The number of amides is 1. The molecule has 6 nitrogen and oxygen atoms in total. The molecule has 0 aliphatic carbocycles.